The zero-order valence-corrected chi connectivity index (χ0v) is 12.3. The molecule has 0 bridgehead atoms. The molecular weight excluding hydrogens is 276 g/mol. The third kappa shape index (κ3) is 2.12. The molecular formula is C17H16N4O. The van der Waals surface area contributed by atoms with Crippen LogP contribution < -0.4 is 4.90 Å². The number of hydrogen-bond acceptors (Lipinski definition) is 2. The summed E-state index contributed by atoms with van der Waals surface area (Å²) in [7, 11) is 1.77. The van der Waals surface area contributed by atoms with E-state index in [0.717, 1.165) is 16.8 Å². The molecule has 1 amide bonds. The lowest BCUT2D eigenvalue weighted by Crippen LogP contribution is -2.43. The molecule has 0 aliphatic carbocycles. The van der Waals surface area contributed by atoms with Gasteiger partial charge in [-0.05, 0) is 29.1 Å². The highest BCUT2D eigenvalue weighted by molar-refractivity contribution is 6.08. The first-order valence-corrected chi connectivity index (χ1v) is 7.11. The van der Waals surface area contributed by atoms with Gasteiger partial charge >= 0.3 is 0 Å². The predicted octanol–water partition coefficient (Wildman–Crippen LogP) is 3.45. The van der Waals surface area contributed by atoms with Gasteiger partial charge in [-0.15, -0.1) is 0 Å². The molecule has 1 heterocycles. The summed E-state index contributed by atoms with van der Waals surface area (Å²) < 4.78 is 0. The van der Waals surface area contributed by atoms with Crippen LogP contribution in [0.5, 0.6) is 0 Å². The van der Waals surface area contributed by atoms with Crippen molar-refractivity contribution in [2.75, 3.05) is 18.5 Å². The van der Waals surface area contributed by atoms with Crippen molar-refractivity contribution >= 4 is 11.6 Å². The average Bonchev–Trinajstić information content (AvgIpc) is 2.77. The molecule has 3 rings (SSSR count). The number of hydrogen-bond donors (Lipinski definition) is 0. The molecule has 1 aliphatic heterocycles. The summed E-state index contributed by atoms with van der Waals surface area (Å²) in [6.45, 7) is 0.124. The summed E-state index contributed by atoms with van der Waals surface area (Å²) in [5, 5.41) is 3.74. The Morgan fingerprint density at radius 1 is 1.14 bits per heavy atom. The van der Waals surface area contributed by atoms with Crippen LogP contribution in [-0.2, 0) is 16.6 Å². The lowest BCUT2D eigenvalue weighted by atomic mass is 9.76. The van der Waals surface area contributed by atoms with Crippen LogP contribution >= 0.6 is 0 Å². The van der Waals surface area contributed by atoms with E-state index in [9.17, 15) is 4.79 Å². The Hall–Kier alpha value is -2.78. The van der Waals surface area contributed by atoms with Gasteiger partial charge in [0.15, 0.2) is 0 Å². The van der Waals surface area contributed by atoms with Crippen LogP contribution in [0.1, 0.15) is 11.1 Å². The number of fused-ring (bicyclic) bond motifs is 1. The lowest BCUT2D eigenvalue weighted by Gasteiger charge is -2.26. The van der Waals surface area contributed by atoms with Gasteiger partial charge in [-0.25, -0.2) is 0 Å². The maximum absolute atomic E-state index is 12.9. The van der Waals surface area contributed by atoms with Gasteiger partial charge in [-0.1, -0.05) is 53.6 Å². The number of likely N-dealkylation sites (N-methyl/N-ethyl adjacent to an activating group) is 1. The van der Waals surface area contributed by atoms with Crippen molar-refractivity contribution in [3.8, 4) is 0 Å². The van der Waals surface area contributed by atoms with Crippen molar-refractivity contribution in [2.24, 2.45) is 5.11 Å². The monoisotopic (exact) mass is 292 g/mol. The fourth-order valence-corrected chi connectivity index (χ4v) is 3.19. The minimum Gasteiger partial charge on any atom is -0.314 e. The molecule has 0 fully saturated rings. The van der Waals surface area contributed by atoms with Gasteiger partial charge in [0.25, 0.3) is 0 Å². The second kappa shape index (κ2) is 5.54. The van der Waals surface area contributed by atoms with E-state index in [0.29, 0.717) is 6.42 Å². The Bertz CT molecular complexity index is 752. The predicted molar refractivity (Wildman–Crippen MR) is 85.7 cm³/mol. The molecule has 5 heteroatoms. The van der Waals surface area contributed by atoms with Crippen molar-refractivity contribution in [3.63, 3.8) is 0 Å². The van der Waals surface area contributed by atoms with E-state index in [-0.39, 0.29) is 12.5 Å². The molecule has 0 aromatic heterocycles. The topological polar surface area (TPSA) is 69.1 Å². The molecule has 2 aromatic rings. The minimum absolute atomic E-state index is 0.0232. The molecule has 1 aliphatic rings. The number of carbonyl (C=O) groups excluding carboxylic acids is 1. The van der Waals surface area contributed by atoms with Crippen LogP contribution in [-0.4, -0.2) is 19.5 Å². The summed E-state index contributed by atoms with van der Waals surface area (Å²) in [4.78, 5) is 17.5. The number of amides is 1. The van der Waals surface area contributed by atoms with Crippen molar-refractivity contribution in [3.05, 3.63) is 76.2 Å². The number of azide groups is 1. The number of anilines is 1. The van der Waals surface area contributed by atoms with Gasteiger partial charge < -0.3 is 4.90 Å². The van der Waals surface area contributed by atoms with Crippen molar-refractivity contribution in [1.29, 1.82) is 0 Å². The quantitative estimate of drug-likeness (QED) is 0.483. The number of nitrogens with zero attached hydrogens (tertiary/aromatic N) is 4. The summed E-state index contributed by atoms with van der Waals surface area (Å²) in [5.74, 6) is -0.0232. The van der Waals surface area contributed by atoms with E-state index in [2.05, 4.69) is 10.0 Å². The van der Waals surface area contributed by atoms with Crippen LogP contribution in [0.3, 0.4) is 0 Å². The van der Waals surface area contributed by atoms with Crippen LogP contribution in [0.4, 0.5) is 5.69 Å². The fourth-order valence-electron chi connectivity index (χ4n) is 3.19. The third-order valence-electron chi connectivity index (χ3n) is 4.25. The molecule has 1 atom stereocenters. The maximum atomic E-state index is 12.9. The molecule has 0 N–H and O–H groups in total. The van der Waals surface area contributed by atoms with Crippen molar-refractivity contribution < 1.29 is 4.79 Å². The number of carbonyl (C=O) groups is 1. The zero-order valence-electron chi connectivity index (χ0n) is 12.3. The highest BCUT2D eigenvalue weighted by atomic mass is 16.2. The Balaban J connectivity index is 2.14. The summed E-state index contributed by atoms with van der Waals surface area (Å²) in [6.07, 6.45) is 0.521. The summed E-state index contributed by atoms with van der Waals surface area (Å²) >= 11 is 0. The highest BCUT2D eigenvalue weighted by Gasteiger charge is 2.48. The highest BCUT2D eigenvalue weighted by Crippen LogP contribution is 2.43. The van der Waals surface area contributed by atoms with Crippen molar-refractivity contribution in [1.82, 2.24) is 0 Å². The van der Waals surface area contributed by atoms with Crippen LogP contribution in [0.25, 0.3) is 10.4 Å². The van der Waals surface area contributed by atoms with Gasteiger partial charge in [0, 0.05) is 24.2 Å². The maximum Gasteiger partial charge on any atom is 0.237 e. The summed E-state index contributed by atoms with van der Waals surface area (Å²) in [6, 6.07) is 17.5. The average molecular weight is 292 g/mol. The SMILES string of the molecule is CN1C(=O)C(CN=[N+]=[N-])(Cc2ccccc2)c2ccccc21. The van der Waals surface area contributed by atoms with Crippen LogP contribution in [0, 0.1) is 0 Å². The van der Waals surface area contributed by atoms with Crippen molar-refractivity contribution in [2.45, 2.75) is 11.8 Å². The van der Waals surface area contributed by atoms with Gasteiger partial charge in [0.2, 0.25) is 5.91 Å². The minimum atomic E-state index is -0.821. The van der Waals surface area contributed by atoms with E-state index in [1.54, 1.807) is 11.9 Å². The largest absolute Gasteiger partial charge is 0.314 e. The smallest absolute Gasteiger partial charge is 0.237 e. The van der Waals surface area contributed by atoms with Gasteiger partial charge in [0.1, 0.15) is 0 Å². The third-order valence-corrected chi connectivity index (χ3v) is 4.25. The fraction of sp³-hybridized carbons (Fsp3) is 0.235. The molecule has 0 saturated carbocycles. The molecule has 110 valence electrons. The van der Waals surface area contributed by atoms with E-state index >= 15 is 0 Å². The standard InChI is InChI=1S/C17H16N4O/c1-21-15-10-6-5-9-14(15)17(16(21)22,12-19-20-18)11-13-7-3-2-4-8-13/h2-10H,11-12H2,1H3. The Kier molecular flexibility index (Phi) is 3.57. The van der Waals surface area contributed by atoms with E-state index in [4.69, 9.17) is 5.53 Å². The molecule has 5 nitrogen and oxygen atoms in total. The first-order valence-electron chi connectivity index (χ1n) is 7.11. The van der Waals surface area contributed by atoms with Gasteiger partial charge in [0.05, 0.1) is 5.41 Å². The van der Waals surface area contributed by atoms with E-state index < -0.39 is 5.41 Å². The first kappa shape index (κ1) is 14.2. The Morgan fingerprint density at radius 3 is 2.55 bits per heavy atom. The molecule has 0 spiro atoms. The molecule has 0 radical (unpaired) electrons. The van der Waals surface area contributed by atoms with Gasteiger partial charge in [-0.3, -0.25) is 4.79 Å². The normalized spacial score (nSPS) is 19.7. The van der Waals surface area contributed by atoms with Crippen LogP contribution in [0.15, 0.2) is 59.7 Å². The van der Waals surface area contributed by atoms with E-state index in [1.807, 2.05) is 54.6 Å². The van der Waals surface area contributed by atoms with Gasteiger partial charge in [-0.2, -0.15) is 0 Å². The second-order valence-corrected chi connectivity index (χ2v) is 5.51. The molecule has 0 saturated heterocycles. The first-order chi connectivity index (χ1) is 10.7. The molecule has 22 heavy (non-hydrogen) atoms. The number of rotatable bonds is 4. The summed E-state index contributed by atoms with van der Waals surface area (Å²) in [5.41, 5.74) is 10.8. The Morgan fingerprint density at radius 2 is 1.82 bits per heavy atom. The Labute approximate surface area is 128 Å². The lowest BCUT2D eigenvalue weighted by molar-refractivity contribution is -0.122. The number of benzene rings is 2. The van der Waals surface area contributed by atoms with Crippen LogP contribution in [0.2, 0.25) is 0 Å². The number of para-hydroxylation sites is 1. The molecule has 2 aromatic carbocycles. The molecule has 1 unspecified atom stereocenters. The zero-order chi connectivity index (χ0) is 15.6. The second-order valence-electron chi connectivity index (χ2n) is 5.51. The van der Waals surface area contributed by atoms with E-state index in [1.165, 1.54) is 0 Å².